The summed E-state index contributed by atoms with van der Waals surface area (Å²) in [4.78, 5) is 21.7. The summed E-state index contributed by atoms with van der Waals surface area (Å²) in [5.74, 6) is -0.630. The molecule has 108 valence electrons. The first-order valence-corrected chi connectivity index (χ1v) is 6.42. The second-order valence-corrected chi connectivity index (χ2v) is 4.71. The van der Waals surface area contributed by atoms with Gasteiger partial charge in [0.1, 0.15) is 0 Å². The summed E-state index contributed by atoms with van der Waals surface area (Å²) in [7, 11) is 0. The van der Waals surface area contributed by atoms with Gasteiger partial charge in [0.25, 0.3) is 5.69 Å². The largest absolute Gasteiger partial charge is 0.381 e. The summed E-state index contributed by atoms with van der Waals surface area (Å²) in [6.07, 6.45) is 0. The minimum absolute atomic E-state index is 0.0362. The molecule has 0 bridgehead atoms. The van der Waals surface area contributed by atoms with E-state index in [0.717, 1.165) is 0 Å². The van der Waals surface area contributed by atoms with Crippen LogP contribution in [0.5, 0.6) is 0 Å². The third-order valence-corrected chi connectivity index (χ3v) is 3.23. The summed E-state index contributed by atoms with van der Waals surface area (Å²) >= 11 is 5.86. The van der Waals surface area contributed by atoms with Gasteiger partial charge in [-0.05, 0) is 18.2 Å². The van der Waals surface area contributed by atoms with Crippen LogP contribution in [0.2, 0.25) is 5.02 Å². The number of hydrogen-bond acceptors (Lipinski definition) is 4. The van der Waals surface area contributed by atoms with E-state index in [0.29, 0.717) is 11.3 Å². The van der Waals surface area contributed by atoms with Crippen molar-refractivity contribution in [2.75, 3.05) is 5.32 Å². The van der Waals surface area contributed by atoms with E-state index in [2.05, 4.69) is 5.32 Å². The molecule has 0 saturated carbocycles. The average Bonchev–Trinajstić information content (AvgIpc) is 2.46. The maximum absolute atomic E-state index is 11.2. The Kier molecular flexibility index (Phi) is 4.39. The fourth-order valence-electron chi connectivity index (χ4n) is 1.86. The zero-order chi connectivity index (χ0) is 15.4. The Labute approximate surface area is 125 Å². The third kappa shape index (κ3) is 3.49. The SMILES string of the molecule is NC(=O)c1cc(NCc2ccccc2[N+](=O)[O-])ccc1Cl. The van der Waals surface area contributed by atoms with E-state index in [1.54, 1.807) is 30.3 Å². The number of nitrogens with one attached hydrogen (secondary N) is 1. The smallest absolute Gasteiger partial charge is 0.274 e. The molecule has 0 aliphatic heterocycles. The van der Waals surface area contributed by atoms with E-state index < -0.39 is 10.8 Å². The lowest BCUT2D eigenvalue weighted by Crippen LogP contribution is -2.12. The van der Waals surface area contributed by atoms with Crippen molar-refractivity contribution in [1.29, 1.82) is 0 Å². The van der Waals surface area contributed by atoms with Crippen molar-refractivity contribution in [3.8, 4) is 0 Å². The van der Waals surface area contributed by atoms with Gasteiger partial charge in [-0.1, -0.05) is 29.8 Å². The van der Waals surface area contributed by atoms with Crippen LogP contribution < -0.4 is 11.1 Å². The fourth-order valence-corrected chi connectivity index (χ4v) is 2.07. The van der Waals surface area contributed by atoms with E-state index in [4.69, 9.17) is 17.3 Å². The molecule has 0 unspecified atom stereocenters. The molecule has 0 fully saturated rings. The van der Waals surface area contributed by atoms with Crippen LogP contribution >= 0.6 is 11.6 Å². The van der Waals surface area contributed by atoms with Crippen molar-refractivity contribution in [2.45, 2.75) is 6.54 Å². The van der Waals surface area contributed by atoms with Gasteiger partial charge in [0.05, 0.1) is 15.5 Å². The zero-order valence-corrected chi connectivity index (χ0v) is 11.6. The Morgan fingerprint density at radius 1 is 1.29 bits per heavy atom. The monoisotopic (exact) mass is 305 g/mol. The fraction of sp³-hybridized carbons (Fsp3) is 0.0714. The quantitative estimate of drug-likeness (QED) is 0.655. The van der Waals surface area contributed by atoms with E-state index >= 15 is 0 Å². The van der Waals surface area contributed by atoms with Crippen molar-refractivity contribution in [1.82, 2.24) is 0 Å². The first-order valence-electron chi connectivity index (χ1n) is 6.04. The topological polar surface area (TPSA) is 98.3 Å². The Morgan fingerprint density at radius 2 is 2.00 bits per heavy atom. The van der Waals surface area contributed by atoms with Crippen LogP contribution in [0.1, 0.15) is 15.9 Å². The Bertz CT molecular complexity index is 704. The summed E-state index contributed by atoms with van der Waals surface area (Å²) in [5, 5.41) is 14.2. The molecule has 0 saturated heterocycles. The number of hydrogen-bond donors (Lipinski definition) is 2. The molecule has 21 heavy (non-hydrogen) atoms. The molecule has 1 amide bonds. The van der Waals surface area contributed by atoms with Crippen molar-refractivity contribution < 1.29 is 9.72 Å². The lowest BCUT2D eigenvalue weighted by atomic mass is 10.1. The minimum atomic E-state index is -0.630. The summed E-state index contributed by atoms with van der Waals surface area (Å²) in [5.41, 5.74) is 6.59. The maximum atomic E-state index is 11.2. The number of amides is 1. The highest BCUT2D eigenvalue weighted by Crippen LogP contribution is 2.22. The molecule has 0 radical (unpaired) electrons. The van der Waals surface area contributed by atoms with Crippen molar-refractivity contribution in [2.24, 2.45) is 5.73 Å². The lowest BCUT2D eigenvalue weighted by molar-refractivity contribution is -0.385. The van der Waals surface area contributed by atoms with E-state index in [9.17, 15) is 14.9 Å². The molecule has 0 spiro atoms. The van der Waals surface area contributed by atoms with Crippen molar-refractivity contribution >= 4 is 28.9 Å². The second kappa shape index (κ2) is 6.23. The third-order valence-electron chi connectivity index (χ3n) is 2.90. The molecule has 2 rings (SSSR count). The number of benzene rings is 2. The number of primary amides is 1. The highest BCUT2D eigenvalue weighted by molar-refractivity contribution is 6.33. The lowest BCUT2D eigenvalue weighted by Gasteiger charge is -2.09. The molecular weight excluding hydrogens is 294 g/mol. The maximum Gasteiger partial charge on any atom is 0.274 e. The second-order valence-electron chi connectivity index (χ2n) is 4.30. The number of carbonyl (C=O) groups excluding carboxylic acids is 1. The molecule has 3 N–H and O–H groups in total. The van der Waals surface area contributed by atoms with Gasteiger partial charge < -0.3 is 11.1 Å². The molecule has 2 aromatic carbocycles. The van der Waals surface area contributed by atoms with Gasteiger partial charge in [-0.25, -0.2) is 0 Å². The van der Waals surface area contributed by atoms with Crippen LogP contribution in [0.4, 0.5) is 11.4 Å². The predicted molar refractivity (Wildman–Crippen MR) is 80.4 cm³/mol. The normalized spacial score (nSPS) is 10.1. The van der Waals surface area contributed by atoms with Crippen molar-refractivity contribution in [3.05, 3.63) is 68.7 Å². The molecule has 0 aliphatic rings. The Morgan fingerprint density at radius 3 is 2.67 bits per heavy atom. The molecule has 2 aromatic rings. The molecule has 7 heteroatoms. The number of nitrogens with two attached hydrogens (primary N) is 1. The zero-order valence-electron chi connectivity index (χ0n) is 10.9. The highest BCUT2D eigenvalue weighted by atomic mass is 35.5. The Hall–Kier alpha value is -2.60. The first kappa shape index (κ1) is 14.8. The molecule has 0 aromatic heterocycles. The number of nitro benzene ring substituents is 1. The van der Waals surface area contributed by atoms with Gasteiger partial charge in [-0.15, -0.1) is 0 Å². The van der Waals surface area contributed by atoms with E-state index in [-0.39, 0.29) is 22.8 Å². The van der Waals surface area contributed by atoms with Gasteiger partial charge in [0.15, 0.2) is 0 Å². The van der Waals surface area contributed by atoms with Gasteiger partial charge in [0.2, 0.25) is 5.91 Å². The average molecular weight is 306 g/mol. The summed E-state index contributed by atoms with van der Waals surface area (Å²) < 4.78 is 0. The van der Waals surface area contributed by atoms with Gasteiger partial charge >= 0.3 is 0 Å². The van der Waals surface area contributed by atoms with Crippen LogP contribution in [0.3, 0.4) is 0 Å². The number of carbonyl (C=O) groups is 1. The van der Waals surface area contributed by atoms with Crippen LogP contribution in [0, 0.1) is 10.1 Å². The predicted octanol–water partition coefficient (Wildman–Crippen LogP) is 2.96. The molecule has 0 aliphatic carbocycles. The number of halogens is 1. The number of nitrogens with zero attached hydrogens (tertiary/aromatic N) is 1. The van der Waals surface area contributed by atoms with Gasteiger partial charge in [-0.2, -0.15) is 0 Å². The molecule has 0 atom stereocenters. The number of rotatable bonds is 5. The highest BCUT2D eigenvalue weighted by Gasteiger charge is 2.12. The number of nitro groups is 1. The van der Waals surface area contributed by atoms with Crippen LogP contribution in [-0.4, -0.2) is 10.8 Å². The molecule has 6 nitrogen and oxygen atoms in total. The van der Waals surface area contributed by atoms with Crippen LogP contribution in [0.15, 0.2) is 42.5 Å². The number of para-hydroxylation sites is 1. The van der Waals surface area contributed by atoms with Crippen LogP contribution in [0.25, 0.3) is 0 Å². The van der Waals surface area contributed by atoms with Gasteiger partial charge in [-0.3, -0.25) is 14.9 Å². The Balaban J connectivity index is 2.19. The van der Waals surface area contributed by atoms with Crippen molar-refractivity contribution in [3.63, 3.8) is 0 Å². The minimum Gasteiger partial charge on any atom is -0.381 e. The van der Waals surface area contributed by atoms with E-state index in [1.165, 1.54) is 12.1 Å². The van der Waals surface area contributed by atoms with E-state index in [1.807, 2.05) is 0 Å². The molecule has 0 heterocycles. The summed E-state index contributed by atoms with van der Waals surface area (Å²) in [6, 6.07) is 11.2. The first-order chi connectivity index (χ1) is 9.99. The van der Waals surface area contributed by atoms with Gasteiger partial charge in [0, 0.05) is 23.9 Å². The van der Waals surface area contributed by atoms with Crippen LogP contribution in [-0.2, 0) is 6.54 Å². The standard InChI is InChI=1S/C14H12ClN3O3/c15-12-6-5-10(7-11(12)14(16)19)17-8-9-3-1-2-4-13(9)18(20)21/h1-7,17H,8H2,(H2,16,19). The number of anilines is 1. The molecular formula is C14H12ClN3O3. The summed E-state index contributed by atoms with van der Waals surface area (Å²) in [6.45, 7) is 0.247.